The summed E-state index contributed by atoms with van der Waals surface area (Å²) in [6, 6.07) is 38.1. The van der Waals surface area contributed by atoms with Gasteiger partial charge in [-0.25, -0.2) is 19.1 Å². The molecule has 4 aromatic heterocycles. The summed E-state index contributed by atoms with van der Waals surface area (Å²) in [4.78, 5) is 38.4. The highest BCUT2D eigenvalue weighted by molar-refractivity contribution is 7.44. The molecule has 212 valence electrons. The second kappa shape index (κ2) is 10.6. The molecule has 8 aromatic rings. The monoisotopic (exact) mass is 610 g/mol. The van der Waals surface area contributed by atoms with E-state index in [1.54, 1.807) is 9.13 Å². The highest BCUT2D eigenvalue weighted by atomic mass is 32.2. The summed E-state index contributed by atoms with van der Waals surface area (Å²) in [5.41, 5.74) is 3.63. The van der Waals surface area contributed by atoms with Crippen molar-refractivity contribution in [3.8, 4) is 11.4 Å². The summed E-state index contributed by atoms with van der Waals surface area (Å²) in [5, 5.41) is 7.39. The standard InChI is InChI=1S/C34H22N6O2S2/c41-30-28-26(37-33(35-21-13-5-1-6-14-21)39(30)23-17-9-3-10-18-23)25-27-29(44-32(25)43-28)31(42)40(24-19-11-4-12-20-24)34(38-27)36-22-15-7-2-8-16-22/h1-20H,(H,35,37)(H,36,38). The molecule has 4 heterocycles. The lowest BCUT2D eigenvalue weighted by Crippen LogP contribution is -2.22. The van der Waals surface area contributed by atoms with E-state index in [-0.39, 0.29) is 11.1 Å². The van der Waals surface area contributed by atoms with Crippen LogP contribution in [0, 0.1) is 0 Å². The lowest BCUT2D eigenvalue weighted by Gasteiger charge is -2.15. The highest BCUT2D eigenvalue weighted by Gasteiger charge is 2.24. The lowest BCUT2D eigenvalue weighted by atomic mass is 10.2. The molecule has 0 saturated heterocycles. The van der Waals surface area contributed by atoms with Gasteiger partial charge in [0.1, 0.15) is 20.4 Å². The van der Waals surface area contributed by atoms with Crippen LogP contribution in [0.3, 0.4) is 0 Å². The Kier molecular flexibility index (Phi) is 6.28. The maximum Gasteiger partial charge on any atom is 0.277 e. The zero-order valence-corrected chi connectivity index (χ0v) is 24.6. The van der Waals surface area contributed by atoms with Crippen LogP contribution in [0.4, 0.5) is 23.3 Å². The van der Waals surface area contributed by atoms with Crippen molar-refractivity contribution in [1.29, 1.82) is 0 Å². The van der Waals surface area contributed by atoms with Crippen LogP contribution in [0.25, 0.3) is 41.2 Å². The van der Waals surface area contributed by atoms with E-state index in [9.17, 15) is 9.59 Å². The van der Waals surface area contributed by atoms with Crippen LogP contribution in [0.15, 0.2) is 131 Å². The molecule has 0 fully saturated rings. The Morgan fingerprint density at radius 1 is 0.500 bits per heavy atom. The molecule has 0 spiro atoms. The van der Waals surface area contributed by atoms with Crippen LogP contribution in [0.1, 0.15) is 0 Å². The third-order valence-corrected chi connectivity index (χ3v) is 9.66. The van der Waals surface area contributed by atoms with Gasteiger partial charge in [0.2, 0.25) is 11.9 Å². The molecule has 0 atom stereocenters. The third kappa shape index (κ3) is 4.36. The van der Waals surface area contributed by atoms with E-state index in [0.717, 1.165) is 15.4 Å². The van der Waals surface area contributed by atoms with Gasteiger partial charge in [-0.3, -0.25) is 9.59 Å². The number of hydrogen-bond acceptors (Lipinski definition) is 8. The number of para-hydroxylation sites is 4. The van der Waals surface area contributed by atoms with Crippen molar-refractivity contribution in [2.75, 3.05) is 10.6 Å². The normalized spacial score (nSPS) is 11.4. The Labute approximate surface area is 258 Å². The molecule has 0 radical (unpaired) electrons. The molecular weight excluding hydrogens is 589 g/mol. The molecule has 0 aliphatic heterocycles. The van der Waals surface area contributed by atoms with Crippen molar-refractivity contribution < 1.29 is 0 Å². The van der Waals surface area contributed by atoms with E-state index in [2.05, 4.69) is 10.6 Å². The molecule has 8 nitrogen and oxygen atoms in total. The predicted molar refractivity (Wildman–Crippen MR) is 181 cm³/mol. The molecule has 0 aliphatic carbocycles. The first-order valence-corrected chi connectivity index (χ1v) is 15.5. The van der Waals surface area contributed by atoms with Gasteiger partial charge in [-0.05, 0) is 48.5 Å². The molecule has 0 aliphatic rings. The van der Waals surface area contributed by atoms with Crippen molar-refractivity contribution in [3.05, 3.63) is 142 Å². The van der Waals surface area contributed by atoms with Crippen LogP contribution < -0.4 is 21.8 Å². The predicted octanol–water partition coefficient (Wildman–Crippen LogP) is 7.85. The summed E-state index contributed by atoms with van der Waals surface area (Å²) in [5.74, 6) is 0.749. The van der Waals surface area contributed by atoms with Crippen LogP contribution in [0.5, 0.6) is 0 Å². The number of nitrogens with one attached hydrogen (secondary N) is 2. The quantitative estimate of drug-likeness (QED) is 0.199. The Bertz CT molecular complexity index is 2250. The average molecular weight is 611 g/mol. The number of hydrogen-bond donors (Lipinski definition) is 2. The van der Waals surface area contributed by atoms with Crippen molar-refractivity contribution in [3.63, 3.8) is 0 Å². The molecule has 0 bridgehead atoms. The minimum atomic E-state index is -0.193. The largest absolute Gasteiger partial charge is 0.325 e. The first-order chi connectivity index (χ1) is 21.7. The fourth-order valence-corrected chi connectivity index (χ4v) is 7.72. The molecule has 44 heavy (non-hydrogen) atoms. The Morgan fingerprint density at radius 2 is 0.864 bits per heavy atom. The minimum Gasteiger partial charge on any atom is -0.325 e. The van der Waals surface area contributed by atoms with Crippen LogP contribution in [-0.4, -0.2) is 19.1 Å². The fourth-order valence-electron chi connectivity index (χ4n) is 5.25. The molecule has 4 aromatic carbocycles. The van der Waals surface area contributed by atoms with Gasteiger partial charge in [-0.15, -0.1) is 22.7 Å². The van der Waals surface area contributed by atoms with Crippen LogP contribution >= 0.6 is 22.7 Å². The van der Waals surface area contributed by atoms with Crippen molar-refractivity contribution in [2.45, 2.75) is 0 Å². The van der Waals surface area contributed by atoms with E-state index >= 15 is 0 Å². The topological polar surface area (TPSA) is 93.8 Å². The van der Waals surface area contributed by atoms with Crippen molar-refractivity contribution >= 4 is 75.8 Å². The summed E-state index contributed by atoms with van der Waals surface area (Å²) < 4.78 is 5.01. The van der Waals surface area contributed by atoms with Crippen molar-refractivity contribution in [1.82, 2.24) is 19.1 Å². The number of anilines is 4. The highest BCUT2D eigenvalue weighted by Crippen LogP contribution is 2.42. The van der Waals surface area contributed by atoms with Gasteiger partial charge < -0.3 is 10.6 Å². The Balaban J connectivity index is 1.42. The second-order valence-electron chi connectivity index (χ2n) is 10.0. The maximum atomic E-state index is 14.2. The Hall–Kier alpha value is -5.58. The van der Waals surface area contributed by atoms with E-state index in [4.69, 9.17) is 9.97 Å². The van der Waals surface area contributed by atoms with Gasteiger partial charge in [0, 0.05) is 11.4 Å². The average Bonchev–Trinajstić information content (AvgIpc) is 3.61. The number of aromatic nitrogens is 4. The van der Waals surface area contributed by atoms with Gasteiger partial charge >= 0.3 is 0 Å². The SMILES string of the molecule is O=c1c2sc3sc4c(=O)n(-c5ccccc5)c(Nc5ccccc5)nc4c3c2nc(Nc2ccccc2)n1-c1ccccc1. The molecule has 0 amide bonds. The number of thiophene rings is 2. The van der Waals surface area contributed by atoms with Gasteiger partial charge in [0.25, 0.3) is 11.1 Å². The maximum absolute atomic E-state index is 14.2. The molecule has 10 heteroatoms. The molecule has 0 unspecified atom stereocenters. The molecular formula is C34H22N6O2S2. The number of rotatable bonds is 6. The first-order valence-electron chi connectivity index (χ1n) is 13.9. The summed E-state index contributed by atoms with van der Waals surface area (Å²) in [7, 11) is 0. The fraction of sp³-hybridized carbons (Fsp3) is 0. The third-order valence-electron chi connectivity index (χ3n) is 7.24. The zero-order valence-electron chi connectivity index (χ0n) is 23.0. The second-order valence-corrected chi connectivity index (χ2v) is 12.3. The summed E-state index contributed by atoms with van der Waals surface area (Å²) >= 11 is 2.69. The van der Waals surface area contributed by atoms with Crippen LogP contribution in [0.2, 0.25) is 0 Å². The van der Waals surface area contributed by atoms with E-state index < -0.39 is 0 Å². The summed E-state index contributed by atoms with van der Waals surface area (Å²) in [6.45, 7) is 0. The smallest absolute Gasteiger partial charge is 0.277 e. The van der Waals surface area contributed by atoms with Crippen LogP contribution in [-0.2, 0) is 0 Å². The van der Waals surface area contributed by atoms with Gasteiger partial charge in [0.05, 0.1) is 20.8 Å². The molecule has 0 saturated carbocycles. The van der Waals surface area contributed by atoms with E-state index in [0.29, 0.717) is 49.1 Å². The van der Waals surface area contributed by atoms with Gasteiger partial charge in [-0.1, -0.05) is 72.8 Å². The Morgan fingerprint density at radius 3 is 1.25 bits per heavy atom. The zero-order chi connectivity index (χ0) is 29.6. The number of fused-ring (bicyclic) bond motifs is 5. The van der Waals surface area contributed by atoms with E-state index in [1.807, 2.05) is 121 Å². The lowest BCUT2D eigenvalue weighted by molar-refractivity contribution is 0.977. The molecule has 2 N–H and O–H groups in total. The molecule has 8 rings (SSSR count). The first kappa shape index (κ1) is 26.1. The number of nitrogens with zero attached hydrogens (tertiary/aromatic N) is 4. The van der Waals surface area contributed by atoms with Gasteiger partial charge in [0.15, 0.2) is 0 Å². The van der Waals surface area contributed by atoms with E-state index in [1.165, 1.54) is 22.7 Å². The summed E-state index contributed by atoms with van der Waals surface area (Å²) in [6.07, 6.45) is 0. The number of benzene rings is 4. The minimum absolute atomic E-state index is 0.193. The van der Waals surface area contributed by atoms with Gasteiger partial charge in [-0.2, -0.15) is 0 Å². The van der Waals surface area contributed by atoms with Crippen molar-refractivity contribution in [2.24, 2.45) is 0 Å².